The van der Waals surface area contributed by atoms with Crippen LogP contribution in [0.2, 0.25) is 0 Å². The van der Waals surface area contributed by atoms with Crippen molar-refractivity contribution in [1.82, 2.24) is 10.2 Å². The number of amides is 2. The van der Waals surface area contributed by atoms with Crippen molar-refractivity contribution in [3.63, 3.8) is 0 Å². The fourth-order valence-electron chi connectivity index (χ4n) is 1.78. The summed E-state index contributed by atoms with van der Waals surface area (Å²) in [5, 5.41) is 20.1. The predicted octanol–water partition coefficient (Wildman–Crippen LogP) is 0.654. The Bertz CT molecular complexity index is 292. The molecule has 1 rings (SSSR count). The Labute approximate surface area is 107 Å². The highest BCUT2D eigenvalue weighted by Crippen LogP contribution is 2.29. The largest absolute Gasteiger partial charge is 0.480 e. The highest BCUT2D eigenvalue weighted by atomic mass is 16.4. The first-order valence-electron chi connectivity index (χ1n) is 6.47. The van der Waals surface area contributed by atoms with E-state index in [1.165, 1.54) is 0 Å². The number of aliphatic hydroxyl groups is 1. The van der Waals surface area contributed by atoms with E-state index < -0.39 is 12.0 Å². The molecule has 1 aliphatic rings. The summed E-state index contributed by atoms with van der Waals surface area (Å²) < 4.78 is 0. The molecule has 1 atom stereocenters. The number of urea groups is 1. The minimum atomic E-state index is -1.11. The molecule has 0 aliphatic heterocycles. The molecular weight excluding hydrogens is 236 g/mol. The van der Waals surface area contributed by atoms with Crippen LogP contribution in [0.1, 0.15) is 32.6 Å². The average Bonchev–Trinajstić information content (AvgIpc) is 3.11. The van der Waals surface area contributed by atoms with E-state index in [4.69, 9.17) is 10.2 Å². The lowest BCUT2D eigenvalue weighted by Crippen LogP contribution is -2.49. The maximum absolute atomic E-state index is 12.0. The molecule has 0 radical (unpaired) electrons. The van der Waals surface area contributed by atoms with Gasteiger partial charge in [0.2, 0.25) is 0 Å². The Morgan fingerprint density at radius 2 is 2.11 bits per heavy atom. The molecule has 3 N–H and O–H groups in total. The number of aliphatic hydroxyl groups excluding tert-OH is 1. The molecule has 104 valence electrons. The van der Waals surface area contributed by atoms with Gasteiger partial charge in [-0.05, 0) is 25.2 Å². The first-order valence-corrected chi connectivity index (χ1v) is 6.47. The monoisotopic (exact) mass is 258 g/mol. The standard InChI is InChI=1S/C12H22N2O4/c1-2-6-14(8-9-3-4-9)12(18)13-10(5-7-15)11(16)17/h9-10,15H,2-8H2,1H3,(H,13,18)(H,16,17). The fourth-order valence-corrected chi connectivity index (χ4v) is 1.78. The smallest absolute Gasteiger partial charge is 0.326 e. The lowest BCUT2D eigenvalue weighted by Gasteiger charge is -2.24. The lowest BCUT2D eigenvalue weighted by atomic mass is 10.2. The lowest BCUT2D eigenvalue weighted by molar-refractivity contribution is -0.139. The zero-order chi connectivity index (χ0) is 13.5. The Morgan fingerprint density at radius 3 is 2.56 bits per heavy atom. The molecule has 1 fully saturated rings. The van der Waals surface area contributed by atoms with Crippen molar-refractivity contribution >= 4 is 12.0 Å². The second kappa shape index (κ2) is 7.20. The minimum absolute atomic E-state index is 0.0322. The van der Waals surface area contributed by atoms with Gasteiger partial charge in [-0.1, -0.05) is 6.92 Å². The van der Waals surface area contributed by atoms with Crippen LogP contribution in [0.25, 0.3) is 0 Å². The van der Waals surface area contributed by atoms with Crippen LogP contribution in [-0.4, -0.2) is 52.9 Å². The third-order valence-corrected chi connectivity index (χ3v) is 2.97. The third-order valence-electron chi connectivity index (χ3n) is 2.97. The topological polar surface area (TPSA) is 89.9 Å². The molecule has 18 heavy (non-hydrogen) atoms. The third kappa shape index (κ3) is 4.91. The van der Waals surface area contributed by atoms with E-state index in [-0.39, 0.29) is 19.1 Å². The van der Waals surface area contributed by atoms with Crippen molar-refractivity contribution in [1.29, 1.82) is 0 Å². The quantitative estimate of drug-likeness (QED) is 0.596. The number of carboxylic acid groups (broad SMARTS) is 1. The van der Waals surface area contributed by atoms with Crippen LogP contribution in [0.4, 0.5) is 4.79 Å². The van der Waals surface area contributed by atoms with E-state index in [9.17, 15) is 9.59 Å². The number of carboxylic acids is 1. The Hall–Kier alpha value is -1.30. The van der Waals surface area contributed by atoms with E-state index >= 15 is 0 Å². The first kappa shape index (κ1) is 14.8. The van der Waals surface area contributed by atoms with Gasteiger partial charge in [-0.3, -0.25) is 0 Å². The SMILES string of the molecule is CCCN(CC1CC1)C(=O)NC(CCO)C(=O)O. The number of nitrogens with zero attached hydrogens (tertiary/aromatic N) is 1. The van der Waals surface area contributed by atoms with Crippen LogP contribution in [0, 0.1) is 5.92 Å². The van der Waals surface area contributed by atoms with E-state index in [1.54, 1.807) is 4.90 Å². The van der Waals surface area contributed by atoms with Crippen LogP contribution in [0.15, 0.2) is 0 Å². The van der Waals surface area contributed by atoms with E-state index in [0.29, 0.717) is 19.0 Å². The van der Waals surface area contributed by atoms with Gasteiger partial charge < -0.3 is 20.4 Å². The summed E-state index contributed by atoms with van der Waals surface area (Å²) in [6, 6.07) is -1.36. The van der Waals surface area contributed by atoms with Gasteiger partial charge in [-0.25, -0.2) is 9.59 Å². The maximum Gasteiger partial charge on any atom is 0.326 e. The van der Waals surface area contributed by atoms with E-state index in [2.05, 4.69) is 5.32 Å². The number of carbonyl (C=O) groups is 2. The number of nitrogens with one attached hydrogen (secondary N) is 1. The number of aliphatic carboxylic acids is 1. The Morgan fingerprint density at radius 1 is 1.44 bits per heavy atom. The van der Waals surface area contributed by atoms with Crippen LogP contribution in [0.3, 0.4) is 0 Å². The average molecular weight is 258 g/mol. The second-order valence-corrected chi connectivity index (χ2v) is 4.74. The summed E-state index contributed by atoms with van der Waals surface area (Å²) in [5.41, 5.74) is 0. The van der Waals surface area contributed by atoms with Crippen molar-refractivity contribution in [2.45, 2.75) is 38.6 Å². The summed E-state index contributed by atoms with van der Waals surface area (Å²) >= 11 is 0. The Kier molecular flexibility index (Phi) is 5.91. The van der Waals surface area contributed by atoms with Crippen LogP contribution < -0.4 is 5.32 Å². The van der Waals surface area contributed by atoms with Gasteiger partial charge in [0.15, 0.2) is 0 Å². The number of hydrogen-bond acceptors (Lipinski definition) is 3. The van der Waals surface area contributed by atoms with Crippen molar-refractivity contribution in [2.24, 2.45) is 5.92 Å². The molecule has 0 spiro atoms. The highest BCUT2D eigenvalue weighted by Gasteiger charge is 2.28. The van der Waals surface area contributed by atoms with Gasteiger partial charge >= 0.3 is 12.0 Å². The van der Waals surface area contributed by atoms with Gasteiger partial charge in [0, 0.05) is 26.1 Å². The molecule has 1 aliphatic carbocycles. The van der Waals surface area contributed by atoms with E-state index in [1.807, 2.05) is 6.92 Å². The van der Waals surface area contributed by atoms with Crippen LogP contribution in [-0.2, 0) is 4.79 Å². The molecular formula is C12H22N2O4. The normalized spacial score (nSPS) is 16.1. The summed E-state index contributed by atoms with van der Waals surface area (Å²) in [7, 11) is 0. The minimum Gasteiger partial charge on any atom is -0.480 e. The van der Waals surface area contributed by atoms with Gasteiger partial charge in [0.05, 0.1) is 0 Å². The zero-order valence-corrected chi connectivity index (χ0v) is 10.8. The van der Waals surface area contributed by atoms with Crippen molar-refractivity contribution in [3.8, 4) is 0 Å². The Balaban J connectivity index is 2.49. The molecule has 0 heterocycles. The molecule has 1 saturated carbocycles. The molecule has 0 saturated heterocycles. The highest BCUT2D eigenvalue weighted by molar-refractivity contribution is 5.82. The molecule has 0 aromatic carbocycles. The fraction of sp³-hybridized carbons (Fsp3) is 0.833. The molecule has 6 heteroatoms. The van der Waals surface area contributed by atoms with Crippen LogP contribution >= 0.6 is 0 Å². The predicted molar refractivity (Wildman–Crippen MR) is 66.2 cm³/mol. The maximum atomic E-state index is 12.0. The van der Waals surface area contributed by atoms with Gasteiger partial charge in [0.1, 0.15) is 6.04 Å². The van der Waals surface area contributed by atoms with Crippen molar-refractivity contribution in [3.05, 3.63) is 0 Å². The van der Waals surface area contributed by atoms with Crippen LogP contribution in [0.5, 0.6) is 0 Å². The summed E-state index contributed by atoms with van der Waals surface area (Å²) in [6.07, 6.45) is 3.17. The summed E-state index contributed by atoms with van der Waals surface area (Å²) in [6.45, 7) is 3.06. The number of carbonyl (C=O) groups excluding carboxylic acids is 1. The summed E-state index contributed by atoms with van der Waals surface area (Å²) in [4.78, 5) is 24.5. The molecule has 0 aromatic rings. The molecule has 2 amide bonds. The molecule has 0 bridgehead atoms. The van der Waals surface area contributed by atoms with Gasteiger partial charge in [0.25, 0.3) is 0 Å². The molecule has 1 unspecified atom stereocenters. The molecule has 0 aromatic heterocycles. The number of hydrogen-bond donors (Lipinski definition) is 3. The van der Waals surface area contributed by atoms with Gasteiger partial charge in [-0.15, -0.1) is 0 Å². The van der Waals surface area contributed by atoms with Gasteiger partial charge in [-0.2, -0.15) is 0 Å². The zero-order valence-electron chi connectivity index (χ0n) is 10.8. The summed E-state index contributed by atoms with van der Waals surface area (Å²) in [5.74, 6) is -0.538. The van der Waals surface area contributed by atoms with Crippen molar-refractivity contribution < 1.29 is 19.8 Å². The second-order valence-electron chi connectivity index (χ2n) is 4.74. The first-order chi connectivity index (χ1) is 8.58. The van der Waals surface area contributed by atoms with E-state index in [0.717, 1.165) is 19.3 Å². The number of rotatable bonds is 8. The van der Waals surface area contributed by atoms with Crippen molar-refractivity contribution in [2.75, 3.05) is 19.7 Å². The molecule has 6 nitrogen and oxygen atoms in total.